The number of likely N-dealkylation sites (N-methyl/N-ethyl adjacent to an activating group) is 2. The average molecular weight is 899 g/mol. The zero-order chi connectivity index (χ0) is 48.6. The summed E-state index contributed by atoms with van der Waals surface area (Å²) in [6.45, 7) is 20.5. The van der Waals surface area contributed by atoms with E-state index in [1.54, 1.807) is 63.6 Å². The lowest BCUT2D eigenvalue weighted by molar-refractivity contribution is -0.148. The Morgan fingerprint density at radius 2 is 1.52 bits per heavy atom. The Morgan fingerprint density at radius 3 is 2.03 bits per heavy atom. The minimum atomic E-state index is -0.952. The van der Waals surface area contributed by atoms with Gasteiger partial charge in [0, 0.05) is 34.9 Å². The number of terminal acetylenes is 1. The number of amides is 6. The van der Waals surface area contributed by atoms with Crippen molar-refractivity contribution in [3.63, 3.8) is 0 Å². The zero-order valence-electron chi connectivity index (χ0n) is 41.1. The lowest BCUT2D eigenvalue weighted by atomic mass is 9.89. The van der Waals surface area contributed by atoms with E-state index in [0.717, 1.165) is 0 Å². The molecule has 10 atom stereocenters. The molecule has 16 nitrogen and oxygen atoms in total. The van der Waals surface area contributed by atoms with Gasteiger partial charge >= 0.3 is 12.2 Å². The Bertz CT molecular complexity index is 1730. The second kappa shape index (κ2) is 25.6. The Balaban J connectivity index is 2.32. The van der Waals surface area contributed by atoms with Crippen LogP contribution >= 0.6 is 0 Å². The second-order valence-electron chi connectivity index (χ2n) is 18.7. The highest BCUT2D eigenvalue weighted by atomic mass is 16.6. The number of alkyl carbamates (subject to hydrolysis) is 1. The minimum absolute atomic E-state index is 0.0161. The Kier molecular flexibility index (Phi) is 22.1. The molecular weight excluding hydrogens is 821 g/mol. The molecule has 1 heterocycles. The van der Waals surface area contributed by atoms with Gasteiger partial charge < -0.3 is 44.7 Å². The monoisotopic (exact) mass is 899 g/mol. The van der Waals surface area contributed by atoms with Crippen molar-refractivity contribution < 1.29 is 47.7 Å². The van der Waals surface area contributed by atoms with E-state index in [9.17, 15) is 28.8 Å². The Labute approximate surface area is 382 Å². The number of rotatable bonds is 22. The van der Waals surface area contributed by atoms with E-state index in [1.807, 2.05) is 59.7 Å². The maximum absolute atomic E-state index is 14.5. The van der Waals surface area contributed by atoms with Gasteiger partial charge in [0.25, 0.3) is 0 Å². The third kappa shape index (κ3) is 15.4. The van der Waals surface area contributed by atoms with Crippen molar-refractivity contribution in [3.8, 4) is 12.3 Å². The van der Waals surface area contributed by atoms with E-state index in [-0.39, 0.29) is 48.4 Å². The van der Waals surface area contributed by atoms with Gasteiger partial charge in [0.1, 0.15) is 23.8 Å². The molecule has 3 N–H and O–H groups in total. The molecule has 0 bridgehead atoms. The number of ether oxygens (including phenoxy) is 4. The molecule has 16 heteroatoms. The molecule has 0 saturated carbocycles. The van der Waals surface area contributed by atoms with E-state index >= 15 is 0 Å². The largest absolute Gasteiger partial charge is 0.444 e. The van der Waals surface area contributed by atoms with Gasteiger partial charge in [-0.25, -0.2) is 9.59 Å². The van der Waals surface area contributed by atoms with Crippen molar-refractivity contribution >= 4 is 35.8 Å². The van der Waals surface area contributed by atoms with Gasteiger partial charge in [-0.1, -0.05) is 91.1 Å². The number of likely N-dealkylation sites (tertiary alicyclic amines) is 1. The van der Waals surface area contributed by atoms with Gasteiger partial charge in [-0.15, -0.1) is 6.42 Å². The lowest BCUT2D eigenvalue weighted by Gasteiger charge is -2.41. The first kappa shape index (κ1) is 55.3. The summed E-state index contributed by atoms with van der Waals surface area (Å²) in [7, 11) is 6.22. The van der Waals surface area contributed by atoms with Crippen LogP contribution in [-0.2, 0) is 38.1 Å². The summed E-state index contributed by atoms with van der Waals surface area (Å²) >= 11 is 0. The molecule has 2 rings (SSSR count). The molecule has 0 aromatic heterocycles. The molecule has 0 aliphatic carbocycles. The van der Waals surface area contributed by atoms with Crippen LogP contribution in [0, 0.1) is 36.0 Å². The minimum Gasteiger partial charge on any atom is -0.444 e. The number of hydrogen-bond acceptors (Lipinski definition) is 10. The van der Waals surface area contributed by atoms with Crippen molar-refractivity contribution in [1.29, 1.82) is 0 Å². The SMILES string of the molecule is C#CCNC(=O)O[C@@H](c1ccccc1)[C@@H](C)NC(=O)[C@H](C)[C@@H](OC)[C@@H]1CCCN1C(=O)C[C@@H](OC)[C@H]([C@@H](C)CC)N(C)C(=O)[C@@H](NC(=O)[C@H](C(C)C)N(C)C(=O)OC(C)(C)C)C(C)C. The van der Waals surface area contributed by atoms with E-state index in [4.69, 9.17) is 25.4 Å². The fourth-order valence-corrected chi connectivity index (χ4v) is 8.46. The van der Waals surface area contributed by atoms with Crippen LogP contribution in [0.15, 0.2) is 30.3 Å². The quantitative estimate of drug-likeness (QED) is 0.125. The highest BCUT2D eigenvalue weighted by molar-refractivity contribution is 5.92. The van der Waals surface area contributed by atoms with Gasteiger partial charge in [-0.2, -0.15) is 0 Å². The van der Waals surface area contributed by atoms with Crippen LogP contribution in [0.1, 0.15) is 114 Å². The molecule has 0 unspecified atom stereocenters. The molecule has 1 fully saturated rings. The summed E-state index contributed by atoms with van der Waals surface area (Å²) in [6.07, 6.45) is 3.60. The second-order valence-corrected chi connectivity index (χ2v) is 18.7. The predicted octanol–water partition coefficient (Wildman–Crippen LogP) is 5.54. The van der Waals surface area contributed by atoms with E-state index in [0.29, 0.717) is 31.4 Å². The van der Waals surface area contributed by atoms with Crippen molar-refractivity contribution in [3.05, 3.63) is 35.9 Å². The third-order valence-electron chi connectivity index (χ3n) is 12.0. The Morgan fingerprint density at radius 1 is 0.891 bits per heavy atom. The van der Waals surface area contributed by atoms with Gasteiger partial charge in [0.15, 0.2) is 0 Å². The van der Waals surface area contributed by atoms with Gasteiger partial charge in [-0.05, 0) is 63.9 Å². The summed E-state index contributed by atoms with van der Waals surface area (Å²) in [4.78, 5) is 86.9. The van der Waals surface area contributed by atoms with Gasteiger partial charge in [0.05, 0.1) is 49.2 Å². The maximum Gasteiger partial charge on any atom is 0.410 e. The van der Waals surface area contributed by atoms with E-state index in [1.165, 1.54) is 26.2 Å². The molecule has 1 aliphatic heterocycles. The zero-order valence-corrected chi connectivity index (χ0v) is 41.1. The topological polar surface area (TPSA) is 185 Å². The van der Waals surface area contributed by atoms with Gasteiger partial charge in [0.2, 0.25) is 23.6 Å². The average Bonchev–Trinajstić information content (AvgIpc) is 3.72. The molecule has 1 aliphatic rings. The van der Waals surface area contributed by atoms with Gasteiger partial charge in [-0.3, -0.25) is 24.1 Å². The smallest absolute Gasteiger partial charge is 0.410 e. The van der Waals surface area contributed by atoms with Crippen molar-refractivity contribution in [2.75, 3.05) is 41.4 Å². The van der Waals surface area contributed by atoms with Crippen molar-refractivity contribution in [2.45, 2.75) is 156 Å². The molecule has 1 aromatic carbocycles. The molecule has 0 spiro atoms. The fraction of sp³-hybridized carbons (Fsp3) is 0.708. The third-order valence-corrected chi connectivity index (χ3v) is 12.0. The standard InChI is InChI=1S/C48H78N6O10/c1-17-26-49-46(59)63-42(34-23-20-19-21-24-34)33(9)50-43(56)32(8)41(62-16)35-25-22-27-54(35)37(55)28-36(61-15)40(31(7)18-2)52(13)45(58)38(29(3)4)51-44(57)39(30(5)6)53(14)47(60)64-48(10,11)12/h1,19-21,23-24,29-33,35-36,38-42H,18,22,25-28H2,2-16H3,(H,49,59)(H,50,56)(H,51,57)/t31-,32+,33+,35-,36+,38-,39-,40-,41+,42+/m0/s1. The molecule has 1 saturated heterocycles. The molecule has 0 radical (unpaired) electrons. The van der Waals surface area contributed by atoms with Crippen molar-refractivity contribution in [2.24, 2.45) is 23.7 Å². The highest BCUT2D eigenvalue weighted by Gasteiger charge is 2.44. The number of carbonyl (C=O) groups excluding carboxylic acids is 6. The number of nitrogens with zero attached hydrogens (tertiary/aromatic N) is 3. The first-order chi connectivity index (χ1) is 29.9. The maximum atomic E-state index is 14.5. The molecule has 64 heavy (non-hydrogen) atoms. The van der Waals surface area contributed by atoms with E-state index < -0.39 is 78.1 Å². The number of carbonyl (C=O) groups is 6. The summed E-state index contributed by atoms with van der Waals surface area (Å²) in [5.74, 6) is -0.507. The van der Waals surface area contributed by atoms with Crippen LogP contribution in [0.2, 0.25) is 0 Å². The summed E-state index contributed by atoms with van der Waals surface area (Å²) in [5.41, 5.74) is -0.0886. The van der Waals surface area contributed by atoms with Crippen LogP contribution < -0.4 is 16.0 Å². The first-order valence-corrected chi connectivity index (χ1v) is 22.6. The number of benzene rings is 1. The molecular formula is C48H78N6O10. The number of methoxy groups -OCH3 is 2. The highest BCUT2D eigenvalue weighted by Crippen LogP contribution is 2.30. The number of nitrogens with one attached hydrogen (secondary N) is 3. The number of hydrogen-bond donors (Lipinski definition) is 3. The van der Waals surface area contributed by atoms with Crippen LogP contribution in [-0.4, -0.2) is 140 Å². The lowest BCUT2D eigenvalue weighted by Crippen LogP contribution is -2.60. The summed E-state index contributed by atoms with van der Waals surface area (Å²) < 4.78 is 23.3. The van der Waals surface area contributed by atoms with Crippen molar-refractivity contribution in [1.82, 2.24) is 30.7 Å². The molecule has 6 amide bonds. The van der Waals surface area contributed by atoms with E-state index in [2.05, 4.69) is 21.9 Å². The first-order valence-electron chi connectivity index (χ1n) is 22.6. The van der Waals surface area contributed by atoms with Crippen LogP contribution in [0.3, 0.4) is 0 Å². The molecule has 360 valence electrons. The normalized spacial score (nSPS) is 18.2. The Hall–Kier alpha value is -4.88. The van der Waals surface area contributed by atoms with Crippen LogP contribution in [0.25, 0.3) is 0 Å². The van der Waals surface area contributed by atoms with Crippen LogP contribution in [0.4, 0.5) is 9.59 Å². The summed E-state index contributed by atoms with van der Waals surface area (Å²) in [5, 5.41) is 8.45. The molecule has 1 aromatic rings. The fourth-order valence-electron chi connectivity index (χ4n) is 8.46. The van der Waals surface area contributed by atoms with Crippen LogP contribution in [0.5, 0.6) is 0 Å². The summed E-state index contributed by atoms with van der Waals surface area (Å²) in [6, 6.07) is 5.56. The predicted molar refractivity (Wildman–Crippen MR) is 246 cm³/mol.